The molecule has 100 valence electrons. The maximum Gasteiger partial charge on any atom is 0.128 e. The van der Waals surface area contributed by atoms with Crippen LogP contribution in [-0.4, -0.2) is 10.7 Å². The summed E-state index contributed by atoms with van der Waals surface area (Å²) in [5.74, 6) is 0.173. The Hall–Kier alpha value is -1.09. The molecule has 1 heterocycles. The highest BCUT2D eigenvalue weighted by atomic mass is 19.1. The fraction of sp³-hybridized carbons (Fsp3) is 0.600. The zero-order chi connectivity index (χ0) is 13.2. The van der Waals surface area contributed by atoms with Gasteiger partial charge in [0.1, 0.15) is 17.2 Å². The lowest BCUT2D eigenvalue weighted by molar-refractivity contribution is -0.00870. The minimum Gasteiger partial charge on any atom is -0.487 e. The van der Waals surface area contributed by atoms with Crippen LogP contribution in [0.3, 0.4) is 0 Å². The highest BCUT2D eigenvalue weighted by Gasteiger charge is 2.36. The summed E-state index contributed by atoms with van der Waals surface area (Å²) in [5, 5.41) is 10.1. The van der Waals surface area contributed by atoms with E-state index in [1.165, 1.54) is 12.1 Å². The van der Waals surface area contributed by atoms with Crippen LogP contribution < -0.4 is 4.74 Å². The van der Waals surface area contributed by atoms with Crippen LogP contribution in [-0.2, 0) is 0 Å². The van der Waals surface area contributed by atoms with Crippen molar-refractivity contribution in [2.45, 2.75) is 57.7 Å². The predicted molar refractivity (Wildman–Crippen MR) is 69.2 cm³/mol. The summed E-state index contributed by atoms with van der Waals surface area (Å²) in [4.78, 5) is 0. The molecule has 1 unspecified atom stereocenters. The Bertz CT molecular complexity index is 419. The van der Waals surface area contributed by atoms with Crippen LogP contribution in [0.1, 0.15) is 57.6 Å². The van der Waals surface area contributed by atoms with E-state index in [1.807, 2.05) is 6.92 Å². The molecule has 2 atom stereocenters. The van der Waals surface area contributed by atoms with E-state index in [0.717, 1.165) is 25.7 Å². The van der Waals surface area contributed by atoms with Crippen molar-refractivity contribution in [3.05, 3.63) is 29.6 Å². The molecule has 3 heteroatoms. The first kappa shape index (κ1) is 13.3. The number of benzene rings is 1. The topological polar surface area (TPSA) is 29.5 Å². The Morgan fingerprint density at radius 1 is 1.44 bits per heavy atom. The van der Waals surface area contributed by atoms with Crippen molar-refractivity contribution in [2.24, 2.45) is 0 Å². The van der Waals surface area contributed by atoms with Crippen LogP contribution in [0, 0.1) is 5.82 Å². The molecule has 0 radical (unpaired) electrons. The number of rotatable bonds is 4. The van der Waals surface area contributed by atoms with Crippen molar-refractivity contribution in [2.75, 3.05) is 0 Å². The van der Waals surface area contributed by atoms with Gasteiger partial charge in [-0.15, -0.1) is 0 Å². The van der Waals surface area contributed by atoms with Crippen LogP contribution >= 0.6 is 0 Å². The number of ether oxygens (including phenoxy) is 1. The molecule has 0 saturated carbocycles. The van der Waals surface area contributed by atoms with Crippen molar-refractivity contribution in [3.63, 3.8) is 0 Å². The number of unbranched alkanes of at least 4 members (excludes halogenated alkanes) is 2. The van der Waals surface area contributed by atoms with Crippen molar-refractivity contribution in [1.82, 2.24) is 0 Å². The highest BCUT2D eigenvalue weighted by Crippen LogP contribution is 2.41. The standard InChI is InChI=1S/C15H21FO2/c1-3-4-5-8-15(2)10-13(17)12-7-6-11(16)9-14(12)18-15/h6-7,9,13,17H,3-5,8,10H2,1-2H3/t13-,15?/m1/s1. The summed E-state index contributed by atoms with van der Waals surface area (Å²) in [7, 11) is 0. The van der Waals surface area contributed by atoms with Crippen LogP contribution in [0.15, 0.2) is 18.2 Å². The van der Waals surface area contributed by atoms with Gasteiger partial charge >= 0.3 is 0 Å². The van der Waals surface area contributed by atoms with Gasteiger partial charge in [-0.05, 0) is 31.9 Å². The molecular weight excluding hydrogens is 231 g/mol. The first-order valence-corrected chi connectivity index (χ1v) is 6.70. The maximum atomic E-state index is 13.2. The zero-order valence-corrected chi connectivity index (χ0v) is 11.1. The van der Waals surface area contributed by atoms with Gasteiger partial charge in [-0.1, -0.05) is 19.8 Å². The molecule has 18 heavy (non-hydrogen) atoms. The summed E-state index contributed by atoms with van der Waals surface area (Å²) in [6.45, 7) is 4.16. The largest absolute Gasteiger partial charge is 0.487 e. The van der Waals surface area contributed by atoms with Gasteiger partial charge in [0.05, 0.1) is 6.10 Å². The van der Waals surface area contributed by atoms with Crippen molar-refractivity contribution in [3.8, 4) is 5.75 Å². The van der Waals surface area contributed by atoms with Crippen LogP contribution in [0.25, 0.3) is 0 Å². The fourth-order valence-corrected chi connectivity index (χ4v) is 2.60. The second-order valence-electron chi connectivity index (χ2n) is 5.41. The molecule has 0 aliphatic carbocycles. The van der Waals surface area contributed by atoms with E-state index in [4.69, 9.17) is 4.74 Å². The first-order chi connectivity index (χ1) is 8.54. The monoisotopic (exact) mass is 252 g/mol. The second-order valence-corrected chi connectivity index (χ2v) is 5.41. The normalized spacial score (nSPS) is 26.6. The van der Waals surface area contributed by atoms with E-state index in [-0.39, 0.29) is 11.4 Å². The van der Waals surface area contributed by atoms with Crippen LogP contribution in [0.5, 0.6) is 5.75 Å². The van der Waals surface area contributed by atoms with E-state index in [9.17, 15) is 9.50 Å². The quantitative estimate of drug-likeness (QED) is 0.821. The number of hydrogen-bond acceptors (Lipinski definition) is 2. The van der Waals surface area contributed by atoms with Gasteiger partial charge < -0.3 is 9.84 Å². The van der Waals surface area contributed by atoms with Gasteiger partial charge in [0, 0.05) is 18.1 Å². The number of halogens is 1. The summed E-state index contributed by atoms with van der Waals surface area (Å²) in [5.41, 5.74) is 0.319. The van der Waals surface area contributed by atoms with Gasteiger partial charge in [-0.25, -0.2) is 4.39 Å². The minimum atomic E-state index is -0.555. The Balaban J connectivity index is 2.15. The van der Waals surface area contributed by atoms with Crippen LogP contribution in [0.2, 0.25) is 0 Å². The van der Waals surface area contributed by atoms with E-state index in [2.05, 4.69) is 6.92 Å². The molecule has 0 saturated heterocycles. The van der Waals surface area contributed by atoms with Crippen LogP contribution in [0.4, 0.5) is 4.39 Å². The van der Waals surface area contributed by atoms with Gasteiger partial charge in [0.15, 0.2) is 0 Å². The summed E-state index contributed by atoms with van der Waals surface area (Å²) < 4.78 is 19.1. The average molecular weight is 252 g/mol. The smallest absolute Gasteiger partial charge is 0.128 e. The van der Waals surface area contributed by atoms with Crippen molar-refractivity contribution in [1.29, 1.82) is 0 Å². The molecule has 0 fully saturated rings. The van der Waals surface area contributed by atoms with E-state index in [0.29, 0.717) is 17.7 Å². The molecule has 0 bridgehead atoms. The van der Waals surface area contributed by atoms with E-state index >= 15 is 0 Å². The zero-order valence-electron chi connectivity index (χ0n) is 11.1. The molecule has 0 aromatic heterocycles. The average Bonchev–Trinajstić information content (AvgIpc) is 2.28. The Labute approximate surface area is 108 Å². The third kappa shape index (κ3) is 2.83. The van der Waals surface area contributed by atoms with Gasteiger partial charge in [0.25, 0.3) is 0 Å². The molecule has 1 aromatic carbocycles. The van der Waals surface area contributed by atoms with E-state index < -0.39 is 6.10 Å². The molecule has 1 N–H and O–H groups in total. The number of hydrogen-bond donors (Lipinski definition) is 1. The Morgan fingerprint density at radius 3 is 2.94 bits per heavy atom. The third-order valence-corrected chi connectivity index (χ3v) is 3.63. The Kier molecular flexibility index (Phi) is 3.91. The first-order valence-electron chi connectivity index (χ1n) is 6.70. The number of fused-ring (bicyclic) bond motifs is 1. The lowest BCUT2D eigenvalue weighted by Crippen LogP contribution is -2.38. The molecule has 1 aliphatic heterocycles. The van der Waals surface area contributed by atoms with E-state index in [1.54, 1.807) is 6.07 Å². The molecule has 0 spiro atoms. The minimum absolute atomic E-state index is 0.321. The van der Waals surface area contributed by atoms with Crippen molar-refractivity contribution >= 4 is 0 Å². The summed E-state index contributed by atoms with van der Waals surface area (Å²) >= 11 is 0. The second kappa shape index (κ2) is 5.27. The lowest BCUT2D eigenvalue weighted by Gasteiger charge is -2.38. The Morgan fingerprint density at radius 2 is 2.22 bits per heavy atom. The fourth-order valence-electron chi connectivity index (χ4n) is 2.60. The molecule has 0 amide bonds. The molecule has 2 rings (SSSR count). The third-order valence-electron chi connectivity index (χ3n) is 3.63. The molecule has 1 aromatic rings. The highest BCUT2D eigenvalue weighted by molar-refractivity contribution is 5.38. The van der Waals surface area contributed by atoms with Gasteiger partial charge in [-0.3, -0.25) is 0 Å². The molecule has 2 nitrogen and oxygen atoms in total. The molecule has 1 aliphatic rings. The van der Waals surface area contributed by atoms with Gasteiger partial charge in [-0.2, -0.15) is 0 Å². The van der Waals surface area contributed by atoms with Gasteiger partial charge in [0.2, 0.25) is 0 Å². The molecular formula is C15H21FO2. The predicted octanol–water partition coefficient (Wildman–Crippen LogP) is 3.98. The number of aliphatic hydroxyl groups is 1. The lowest BCUT2D eigenvalue weighted by atomic mass is 9.86. The van der Waals surface area contributed by atoms with Crippen molar-refractivity contribution < 1.29 is 14.2 Å². The number of aliphatic hydroxyl groups excluding tert-OH is 1. The summed E-state index contributed by atoms with van der Waals surface area (Å²) in [6, 6.07) is 4.35. The SMILES string of the molecule is CCCCCC1(C)C[C@@H](O)c2ccc(F)cc2O1. The summed E-state index contributed by atoms with van der Waals surface area (Å²) in [6.07, 6.45) is 4.31. The maximum absolute atomic E-state index is 13.2.